The summed E-state index contributed by atoms with van der Waals surface area (Å²) < 4.78 is 0. The lowest BCUT2D eigenvalue weighted by Gasteiger charge is -1.86. The van der Waals surface area contributed by atoms with Crippen LogP contribution in [0.25, 0.3) is 0 Å². The average Bonchev–Trinajstić information content (AvgIpc) is 1.77. The van der Waals surface area contributed by atoms with Gasteiger partial charge in [0.15, 0.2) is 0 Å². The summed E-state index contributed by atoms with van der Waals surface area (Å²) in [7, 11) is 0. The van der Waals surface area contributed by atoms with Crippen molar-refractivity contribution in [2.75, 3.05) is 0 Å². The maximum atomic E-state index is 5.55. The Labute approximate surface area is 82.3 Å². The van der Waals surface area contributed by atoms with Crippen molar-refractivity contribution in [1.29, 1.82) is 0 Å². The van der Waals surface area contributed by atoms with Crippen LogP contribution in [0.4, 0.5) is 0 Å². The van der Waals surface area contributed by atoms with Gasteiger partial charge in [0.2, 0.25) is 0 Å². The molecule has 0 saturated carbocycles. The van der Waals surface area contributed by atoms with E-state index >= 15 is 0 Å². The highest BCUT2D eigenvalue weighted by Crippen LogP contribution is 2.12. The fourth-order valence-electron chi connectivity index (χ4n) is 0.430. The lowest BCUT2D eigenvalue weighted by atomic mass is 10.4. The topological polar surface area (TPSA) is 0 Å². The Balaban J connectivity index is 0. The number of hydrogen-bond donors (Lipinski definition) is 0. The minimum absolute atomic E-state index is 0. The van der Waals surface area contributed by atoms with Gasteiger partial charge in [-0.15, -0.1) is 24.8 Å². The molecule has 0 nitrogen and oxygen atoms in total. The van der Waals surface area contributed by atoms with E-state index in [4.69, 9.17) is 23.2 Å². The van der Waals surface area contributed by atoms with Crippen LogP contribution in [0.1, 0.15) is 0 Å². The smallest absolute Gasteiger partial charge is 0.0407 e. The first kappa shape index (κ1) is 13.0. The van der Waals surface area contributed by atoms with Gasteiger partial charge >= 0.3 is 0 Å². The molecule has 0 aliphatic heterocycles. The largest absolute Gasteiger partial charge is 0.147 e. The van der Waals surface area contributed by atoms with Gasteiger partial charge in [-0.3, -0.25) is 0 Å². The van der Waals surface area contributed by atoms with Crippen LogP contribution in [0.3, 0.4) is 0 Å². The molecule has 10 heavy (non-hydrogen) atoms. The van der Waals surface area contributed by atoms with Gasteiger partial charge in [0.1, 0.15) is 0 Å². The van der Waals surface area contributed by atoms with Crippen LogP contribution in [0.2, 0.25) is 10.0 Å². The second kappa shape index (κ2) is 6.11. The summed E-state index contributed by atoms with van der Waals surface area (Å²) in [4.78, 5) is 0. The summed E-state index contributed by atoms with van der Waals surface area (Å²) in [5, 5.41) is 1.43. The first-order chi connectivity index (χ1) is 3.79. The normalized spacial score (nSPS) is 7.40. The second-order valence-corrected chi connectivity index (χ2v) is 2.31. The minimum atomic E-state index is 0. The summed E-state index contributed by atoms with van der Waals surface area (Å²) in [5.74, 6) is 0. The van der Waals surface area contributed by atoms with Crippen LogP contribution in [-0.4, -0.2) is 0 Å². The van der Waals surface area contributed by atoms with Crippen LogP contribution in [0.15, 0.2) is 24.3 Å². The minimum Gasteiger partial charge on any atom is -0.147 e. The van der Waals surface area contributed by atoms with Gasteiger partial charge < -0.3 is 0 Å². The van der Waals surface area contributed by atoms with Crippen molar-refractivity contribution >= 4 is 48.0 Å². The molecule has 1 rings (SSSR count). The Morgan fingerprint density at radius 2 is 0.900 bits per heavy atom. The maximum Gasteiger partial charge on any atom is 0.0407 e. The Kier molecular flexibility index (Phi) is 7.95. The molecule has 0 N–H and O–H groups in total. The highest BCUT2D eigenvalue weighted by molar-refractivity contribution is 6.32. The lowest BCUT2D eigenvalue weighted by molar-refractivity contribution is 1.71. The molecule has 0 bridgehead atoms. The molecule has 0 spiro atoms. The third kappa shape index (κ3) is 4.24. The Hall–Kier alpha value is 0.380. The van der Waals surface area contributed by atoms with Crippen molar-refractivity contribution in [3.8, 4) is 0 Å². The zero-order valence-corrected chi connectivity index (χ0v) is 8.03. The molecule has 0 aliphatic rings. The Morgan fingerprint density at radius 3 is 1.10 bits per heavy atom. The van der Waals surface area contributed by atoms with E-state index in [0.29, 0.717) is 0 Å². The van der Waals surface area contributed by atoms with Gasteiger partial charge in [-0.1, -0.05) is 23.2 Å². The van der Waals surface area contributed by atoms with E-state index in [1.165, 1.54) is 0 Å². The molecule has 0 aromatic heterocycles. The zero-order chi connectivity index (χ0) is 5.98. The SMILES string of the molecule is Cl.Cl.Clc1ccc(Cl)cc1. The number of halogens is 4. The Bertz CT molecular complexity index is 149. The molecule has 1 aromatic carbocycles. The van der Waals surface area contributed by atoms with Crippen LogP contribution < -0.4 is 0 Å². The molecule has 4 heteroatoms. The first-order valence-corrected chi connectivity index (χ1v) is 2.96. The molecule has 0 unspecified atom stereocenters. The van der Waals surface area contributed by atoms with E-state index in [9.17, 15) is 0 Å². The molecule has 0 radical (unpaired) electrons. The predicted octanol–water partition coefficient (Wildman–Crippen LogP) is 3.84. The summed E-state index contributed by atoms with van der Waals surface area (Å²) in [6, 6.07) is 7.02. The van der Waals surface area contributed by atoms with Crippen molar-refractivity contribution < 1.29 is 0 Å². The fourth-order valence-corrected chi connectivity index (χ4v) is 0.682. The van der Waals surface area contributed by atoms with Crippen molar-refractivity contribution in [2.45, 2.75) is 0 Å². The monoisotopic (exact) mass is 218 g/mol. The van der Waals surface area contributed by atoms with Gasteiger partial charge in [0.05, 0.1) is 0 Å². The third-order valence-electron chi connectivity index (χ3n) is 0.804. The van der Waals surface area contributed by atoms with Gasteiger partial charge in [-0.25, -0.2) is 0 Å². The molecular weight excluding hydrogens is 214 g/mol. The molecule has 0 fully saturated rings. The standard InChI is InChI=1S/C6H4Cl2.2ClH/c7-5-1-2-6(8)4-3-5;;/h1-4H;2*1H. The van der Waals surface area contributed by atoms with Gasteiger partial charge in [0, 0.05) is 10.0 Å². The third-order valence-corrected chi connectivity index (χ3v) is 1.31. The van der Waals surface area contributed by atoms with Crippen molar-refractivity contribution in [3.05, 3.63) is 34.3 Å². The van der Waals surface area contributed by atoms with Gasteiger partial charge in [0.25, 0.3) is 0 Å². The molecule has 0 saturated heterocycles. The first-order valence-electron chi connectivity index (χ1n) is 2.20. The van der Waals surface area contributed by atoms with Gasteiger partial charge in [-0.05, 0) is 24.3 Å². The van der Waals surface area contributed by atoms with Crippen LogP contribution >= 0.6 is 48.0 Å². The number of hydrogen-bond acceptors (Lipinski definition) is 0. The summed E-state index contributed by atoms with van der Waals surface area (Å²) in [6.45, 7) is 0. The summed E-state index contributed by atoms with van der Waals surface area (Å²) in [6.07, 6.45) is 0. The molecule has 1 aromatic rings. The average molecular weight is 220 g/mol. The molecule has 0 amide bonds. The van der Waals surface area contributed by atoms with Crippen molar-refractivity contribution in [1.82, 2.24) is 0 Å². The number of benzene rings is 1. The van der Waals surface area contributed by atoms with Crippen LogP contribution in [-0.2, 0) is 0 Å². The predicted molar refractivity (Wildman–Crippen MR) is 51.0 cm³/mol. The highest BCUT2D eigenvalue weighted by atomic mass is 35.5. The van der Waals surface area contributed by atoms with Crippen molar-refractivity contribution in [2.24, 2.45) is 0 Å². The molecule has 0 atom stereocenters. The maximum absolute atomic E-state index is 5.55. The highest BCUT2D eigenvalue weighted by Gasteiger charge is 1.83. The molecule has 0 aliphatic carbocycles. The van der Waals surface area contributed by atoms with Gasteiger partial charge in [-0.2, -0.15) is 0 Å². The van der Waals surface area contributed by atoms with Crippen LogP contribution in [0.5, 0.6) is 0 Å². The summed E-state index contributed by atoms with van der Waals surface area (Å²) in [5.41, 5.74) is 0. The van der Waals surface area contributed by atoms with E-state index in [1.807, 2.05) is 0 Å². The van der Waals surface area contributed by atoms with E-state index in [0.717, 1.165) is 10.0 Å². The Morgan fingerprint density at radius 1 is 0.700 bits per heavy atom. The quantitative estimate of drug-likeness (QED) is 0.622. The molecule has 0 heterocycles. The van der Waals surface area contributed by atoms with E-state index in [2.05, 4.69) is 0 Å². The van der Waals surface area contributed by atoms with Crippen molar-refractivity contribution in [3.63, 3.8) is 0 Å². The van der Waals surface area contributed by atoms with E-state index < -0.39 is 0 Å². The summed E-state index contributed by atoms with van der Waals surface area (Å²) >= 11 is 11.1. The van der Waals surface area contributed by atoms with E-state index in [1.54, 1.807) is 24.3 Å². The molecular formula is C6H6Cl4. The zero-order valence-electron chi connectivity index (χ0n) is 4.88. The second-order valence-electron chi connectivity index (χ2n) is 1.44. The fraction of sp³-hybridized carbons (Fsp3) is 0. The van der Waals surface area contributed by atoms with E-state index in [-0.39, 0.29) is 24.8 Å². The van der Waals surface area contributed by atoms with Crippen LogP contribution in [0, 0.1) is 0 Å². The molecule has 58 valence electrons. The lowest BCUT2D eigenvalue weighted by Crippen LogP contribution is -1.60. The number of rotatable bonds is 0.